The van der Waals surface area contributed by atoms with Crippen LogP contribution in [-0.4, -0.2) is 42.8 Å². The molecule has 5 heteroatoms. The maximum atomic E-state index is 5.67. The quantitative estimate of drug-likeness (QED) is 0.755. The van der Waals surface area contributed by atoms with Crippen LogP contribution in [0.3, 0.4) is 0 Å². The van der Waals surface area contributed by atoms with E-state index in [1.165, 1.54) is 19.3 Å². The van der Waals surface area contributed by atoms with Gasteiger partial charge in [-0.15, -0.1) is 0 Å². The highest BCUT2D eigenvalue weighted by molar-refractivity contribution is 6.30. The van der Waals surface area contributed by atoms with Gasteiger partial charge in [0.15, 0.2) is 11.5 Å². The number of nitrogens with zero attached hydrogens (tertiary/aromatic N) is 1. The van der Waals surface area contributed by atoms with Crippen molar-refractivity contribution < 1.29 is 13.9 Å². The molecule has 0 spiro atoms. The summed E-state index contributed by atoms with van der Waals surface area (Å²) in [6, 6.07) is 6.06. The fourth-order valence-electron chi connectivity index (χ4n) is 2.62. The summed E-state index contributed by atoms with van der Waals surface area (Å²) in [6.45, 7) is 3.87. The van der Waals surface area contributed by atoms with Crippen LogP contribution in [0.1, 0.15) is 26.2 Å². The van der Waals surface area contributed by atoms with Crippen molar-refractivity contribution in [3.63, 3.8) is 0 Å². The van der Waals surface area contributed by atoms with Gasteiger partial charge in [0.1, 0.15) is 0 Å². The van der Waals surface area contributed by atoms with Gasteiger partial charge in [-0.1, -0.05) is 6.07 Å². The van der Waals surface area contributed by atoms with E-state index in [1.54, 1.807) is 14.2 Å². The molecule has 4 nitrogen and oxygen atoms in total. The Hall–Kier alpha value is -1.20. The Morgan fingerprint density at radius 1 is 1.25 bits per heavy atom. The third-order valence-corrected chi connectivity index (χ3v) is 4.89. The zero-order chi connectivity index (χ0) is 14.4. The van der Waals surface area contributed by atoms with Gasteiger partial charge in [-0.05, 0) is 38.3 Å². The van der Waals surface area contributed by atoms with E-state index in [1.807, 2.05) is 19.1 Å². The molecule has 1 aromatic carbocycles. The summed E-state index contributed by atoms with van der Waals surface area (Å²) in [5, 5.41) is 0. The summed E-state index contributed by atoms with van der Waals surface area (Å²) in [5.74, 6) is 1.61. The average molecular weight is 293 g/mol. The van der Waals surface area contributed by atoms with Crippen LogP contribution >= 0.6 is 0 Å². The van der Waals surface area contributed by atoms with Gasteiger partial charge in [-0.25, -0.2) is 0 Å². The average Bonchev–Trinajstić information content (AvgIpc) is 2.52. The Kier molecular flexibility index (Phi) is 5.73. The molecule has 1 aliphatic heterocycles. The van der Waals surface area contributed by atoms with Crippen LogP contribution in [0.15, 0.2) is 18.2 Å². The number of rotatable bonds is 6. The maximum absolute atomic E-state index is 5.67. The van der Waals surface area contributed by atoms with E-state index in [4.69, 9.17) is 13.9 Å². The molecule has 1 atom stereocenters. The van der Waals surface area contributed by atoms with Crippen molar-refractivity contribution in [1.82, 2.24) is 0 Å². The molecule has 0 aromatic heterocycles. The molecule has 20 heavy (non-hydrogen) atoms. The van der Waals surface area contributed by atoms with Gasteiger partial charge in [-0.2, -0.15) is 0 Å². The lowest BCUT2D eigenvalue weighted by Crippen LogP contribution is -2.44. The van der Waals surface area contributed by atoms with E-state index in [9.17, 15) is 0 Å². The Balaban J connectivity index is 2.27. The van der Waals surface area contributed by atoms with Gasteiger partial charge in [0.05, 0.1) is 19.9 Å². The van der Waals surface area contributed by atoms with Crippen LogP contribution in [0.5, 0.6) is 11.5 Å². The molecule has 1 unspecified atom stereocenters. The molecule has 0 aliphatic carbocycles. The number of anilines is 1. The minimum Gasteiger partial charge on any atom is -0.493 e. The minimum absolute atomic E-state index is 0.449. The number of para-hydroxylation sites is 1. The second kappa shape index (κ2) is 7.55. The highest BCUT2D eigenvalue weighted by Gasteiger charge is 2.27. The SMILES string of the molecule is CCO[Si]C1CCCCN1c1cccc(OC)c1OC. The molecule has 1 saturated heterocycles. The van der Waals surface area contributed by atoms with Crippen LogP contribution < -0.4 is 14.4 Å². The molecule has 0 amide bonds. The van der Waals surface area contributed by atoms with Crippen molar-refractivity contribution >= 4 is 15.5 Å². The Morgan fingerprint density at radius 3 is 2.80 bits per heavy atom. The zero-order valence-corrected chi connectivity index (χ0v) is 13.5. The second-order valence-electron chi connectivity index (χ2n) is 4.77. The standard InChI is InChI=1S/C15H23NO3Si/c1-4-19-20-14-10-5-6-11-16(14)12-8-7-9-13(17-2)15(12)18-3/h7-9,14H,4-6,10-11H2,1-3H3. The van der Waals surface area contributed by atoms with Gasteiger partial charge in [0.25, 0.3) is 9.76 Å². The summed E-state index contributed by atoms with van der Waals surface area (Å²) < 4.78 is 16.6. The summed E-state index contributed by atoms with van der Waals surface area (Å²) in [6.07, 6.45) is 3.67. The third kappa shape index (κ3) is 3.27. The lowest BCUT2D eigenvalue weighted by Gasteiger charge is -2.37. The van der Waals surface area contributed by atoms with Crippen molar-refractivity contribution in [3.8, 4) is 11.5 Å². The molecular weight excluding hydrogens is 270 g/mol. The Morgan fingerprint density at radius 2 is 2.10 bits per heavy atom. The normalized spacial score (nSPS) is 18.9. The van der Waals surface area contributed by atoms with Crippen molar-refractivity contribution in [2.75, 3.05) is 32.3 Å². The van der Waals surface area contributed by atoms with Crippen molar-refractivity contribution in [2.24, 2.45) is 0 Å². The number of ether oxygens (including phenoxy) is 2. The monoisotopic (exact) mass is 293 g/mol. The number of hydrogen-bond acceptors (Lipinski definition) is 4. The van der Waals surface area contributed by atoms with E-state index in [0.29, 0.717) is 15.4 Å². The van der Waals surface area contributed by atoms with Crippen LogP contribution in [0.25, 0.3) is 0 Å². The topological polar surface area (TPSA) is 30.9 Å². The molecule has 0 bridgehead atoms. The minimum atomic E-state index is 0.449. The van der Waals surface area contributed by atoms with Gasteiger partial charge >= 0.3 is 0 Å². The van der Waals surface area contributed by atoms with Crippen LogP contribution in [-0.2, 0) is 4.43 Å². The number of methoxy groups -OCH3 is 2. The Bertz CT molecular complexity index is 428. The van der Waals surface area contributed by atoms with E-state index in [0.717, 1.165) is 30.3 Å². The molecular formula is C15H23NO3Si. The second-order valence-corrected chi connectivity index (χ2v) is 5.96. The molecule has 0 N–H and O–H groups in total. The molecule has 1 heterocycles. The fraction of sp³-hybridized carbons (Fsp3) is 0.600. The van der Waals surface area contributed by atoms with Gasteiger partial charge in [0, 0.05) is 18.8 Å². The Labute approximate surface area is 124 Å². The summed E-state index contributed by atoms with van der Waals surface area (Å²) in [7, 11) is 3.89. The number of hydrogen-bond donors (Lipinski definition) is 0. The number of piperidine rings is 1. The smallest absolute Gasteiger partial charge is 0.254 e. The van der Waals surface area contributed by atoms with E-state index < -0.39 is 0 Å². The first kappa shape index (κ1) is 15.2. The first-order valence-corrected chi connectivity index (χ1v) is 8.15. The lowest BCUT2D eigenvalue weighted by molar-refractivity contribution is 0.340. The molecule has 1 aromatic rings. The highest BCUT2D eigenvalue weighted by atomic mass is 28.2. The predicted octanol–water partition coefficient (Wildman–Crippen LogP) is 2.68. The summed E-state index contributed by atoms with van der Waals surface area (Å²) >= 11 is 0. The van der Waals surface area contributed by atoms with E-state index in [2.05, 4.69) is 11.0 Å². The summed E-state index contributed by atoms with van der Waals surface area (Å²) in [4.78, 5) is 2.42. The van der Waals surface area contributed by atoms with E-state index >= 15 is 0 Å². The fourth-order valence-corrected chi connectivity index (χ4v) is 3.69. The van der Waals surface area contributed by atoms with Crippen LogP contribution in [0.2, 0.25) is 0 Å². The molecule has 2 rings (SSSR count). The molecule has 1 fully saturated rings. The maximum Gasteiger partial charge on any atom is 0.254 e. The van der Waals surface area contributed by atoms with Crippen LogP contribution in [0, 0.1) is 0 Å². The van der Waals surface area contributed by atoms with Gasteiger partial charge in [0.2, 0.25) is 0 Å². The number of benzene rings is 1. The highest BCUT2D eigenvalue weighted by Crippen LogP contribution is 2.39. The van der Waals surface area contributed by atoms with Crippen molar-refractivity contribution in [1.29, 1.82) is 0 Å². The van der Waals surface area contributed by atoms with Crippen LogP contribution in [0.4, 0.5) is 5.69 Å². The molecule has 2 radical (unpaired) electrons. The molecule has 110 valence electrons. The molecule has 0 saturated carbocycles. The zero-order valence-electron chi connectivity index (χ0n) is 12.5. The van der Waals surface area contributed by atoms with Gasteiger partial charge < -0.3 is 18.8 Å². The lowest BCUT2D eigenvalue weighted by atomic mass is 10.1. The van der Waals surface area contributed by atoms with E-state index in [-0.39, 0.29) is 0 Å². The largest absolute Gasteiger partial charge is 0.493 e. The first-order valence-electron chi connectivity index (χ1n) is 7.16. The van der Waals surface area contributed by atoms with Gasteiger partial charge in [-0.3, -0.25) is 0 Å². The third-order valence-electron chi connectivity index (χ3n) is 3.56. The summed E-state index contributed by atoms with van der Waals surface area (Å²) in [5.41, 5.74) is 1.56. The predicted molar refractivity (Wildman–Crippen MR) is 81.9 cm³/mol. The van der Waals surface area contributed by atoms with Crippen molar-refractivity contribution in [3.05, 3.63) is 18.2 Å². The first-order chi connectivity index (χ1) is 9.81. The molecule has 1 aliphatic rings. The van der Waals surface area contributed by atoms with Crippen molar-refractivity contribution in [2.45, 2.75) is 31.9 Å².